The van der Waals surface area contributed by atoms with Crippen molar-refractivity contribution in [2.75, 3.05) is 7.11 Å². The van der Waals surface area contributed by atoms with Crippen LogP contribution in [-0.4, -0.2) is 22.2 Å². The predicted molar refractivity (Wildman–Crippen MR) is 70.4 cm³/mol. The Kier molecular flexibility index (Phi) is 3.78. The smallest absolute Gasteiger partial charge is 0.265 e. The molecule has 0 aliphatic heterocycles. The first-order valence-corrected chi connectivity index (χ1v) is 5.98. The molecule has 0 radical (unpaired) electrons. The van der Waals surface area contributed by atoms with Gasteiger partial charge in [0.05, 0.1) is 12.3 Å². The maximum atomic E-state index is 11.7. The number of nitrogens with one attached hydrogen (secondary N) is 1. The summed E-state index contributed by atoms with van der Waals surface area (Å²) in [5, 5.41) is 9.42. The van der Waals surface area contributed by atoms with Crippen LogP contribution in [0.2, 0.25) is 0 Å². The molecule has 0 bridgehead atoms. The van der Waals surface area contributed by atoms with Gasteiger partial charge in [-0.3, -0.25) is 4.79 Å². The Labute approximate surface area is 112 Å². The van der Waals surface area contributed by atoms with Crippen LogP contribution in [0, 0.1) is 0 Å². The fourth-order valence-electron chi connectivity index (χ4n) is 1.53. The second kappa shape index (κ2) is 5.32. The highest BCUT2D eigenvalue weighted by Gasteiger charge is 2.10. The van der Waals surface area contributed by atoms with E-state index in [2.05, 4.69) is 25.9 Å². The molecule has 94 valence electrons. The fraction of sp³-hybridized carbons (Fsp3) is 0.167. The summed E-state index contributed by atoms with van der Waals surface area (Å²) < 4.78 is 5.34. The van der Waals surface area contributed by atoms with Gasteiger partial charge in [-0.15, -0.1) is 0 Å². The fourth-order valence-corrected chi connectivity index (χ4v) is 1.83. The lowest BCUT2D eigenvalue weighted by Gasteiger charge is -2.06. The molecule has 0 saturated heterocycles. The highest BCUT2D eigenvalue weighted by atomic mass is 79.9. The molecular weight excluding hydrogens is 300 g/mol. The van der Waals surface area contributed by atoms with Crippen molar-refractivity contribution in [3.05, 3.63) is 44.8 Å². The molecule has 0 unspecified atom stereocenters. The first kappa shape index (κ1) is 12.8. The van der Waals surface area contributed by atoms with Gasteiger partial charge in [-0.2, -0.15) is 0 Å². The van der Waals surface area contributed by atoms with Crippen LogP contribution in [0.25, 0.3) is 11.4 Å². The second-order valence-corrected chi connectivity index (χ2v) is 4.45. The Morgan fingerprint density at radius 1 is 1.50 bits per heavy atom. The van der Waals surface area contributed by atoms with Crippen molar-refractivity contribution in [2.24, 2.45) is 0 Å². The van der Waals surface area contributed by atoms with E-state index in [4.69, 9.17) is 4.74 Å². The summed E-state index contributed by atoms with van der Waals surface area (Å²) in [6.07, 6.45) is 0. The van der Waals surface area contributed by atoms with Crippen molar-refractivity contribution in [3.8, 4) is 17.1 Å². The van der Waals surface area contributed by atoms with Crippen LogP contribution in [-0.2, 0) is 11.3 Å². The summed E-state index contributed by atoms with van der Waals surface area (Å²) in [5.41, 5.74) is 0.868. The van der Waals surface area contributed by atoms with E-state index in [1.54, 1.807) is 18.2 Å². The molecule has 1 heterocycles. The highest BCUT2D eigenvalue weighted by molar-refractivity contribution is 9.10. The maximum Gasteiger partial charge on any atom is 0.265 e. The first-order valence-electron chi connectivity index (χ1n) is 5.19. The number of hydrogen-bond donors (Lipinski definition) is 2. The molecule has 2 aromatic rings. The molecule has 1 aromatic carbocycles. The SMILES string of the molecule is COCc1nc(-c2cccc(O)c2)[nH]c(=O)c1Br. The summed E-state index contributed by atoms with van der Waals surface area (Å²) in [5.74, 6) is 0.512. The monoisotopic (exact) mass is 310 g/mol. The largest absolute Gasteiger partial charge is 0.508 e. The Bertz CT molecular complexity index is 625. The predicted octanol–water partition coefficient (Wildman–Crippen LogP) is 2.05. The minimum absolute atomic E-state index is 0.117. The van der Waals surface area contributed by atoms with Gasteiger partial charge in [-0.05, 0) is 28.1 Å². The molecule has 1 aromatic heterocycles. The Morgan fingerprint density at radius 2 is 2.28 bits per heavy atom. The molecule has 0 aliphatic carbocycles. The normalized spacial score (nSPS) is 10.6. The van der Waals surface area contributed by atoms with Gasteiger partial charge >= 0.3 is 0 Å². The lowest BCUT2D eigenvalue weighted by molar-refractivity contribution is 0.180. The highest BCUT2D eigenvalue weighted by Crippen LogP contribution is 2.21. The number of aromatic amines is 1. The lowest BCUT2D eigenvalue weighted by Crippen LogP contribution is -2.14. The minimum atomic E-state index is -0.282. The Balaban J connectivity index is 2.55. The Hall–Kier alpha value is -1.66. The van der Waals surface area contributed by atoms with Gasteiger partial charge in [0.1, 0.15) is 16.0 Å². The van der Waals surface area contributed by atoms with E-state index >= 15 is 0 Å². The third-order valence-electron chi connectivity index (χ3n) is 2.33. The van der Waals surface area contributed by atoms with E-state index in [9.17, 15) is 9.90 Å². The van der Waals surface area contributed by atoms with E-state index in [1.807, 2.05) is 0 Å². The molecule has 0 aliphatic rings. The van der Waals surface area contributed by atoms with Gasteiger partial charge in [0.15, 0.2) is 0 Å². The number of H-pyrrole nitrogens is 1. The van der Waals surface area contributed by atoms with Crippen LogP contribution < -0.4 is 5.56 Å². The summed E-state index contributed by atoms with van der Waals surface area (Å²) >= 11 is 3.17. The van der Waals surface area contributed by atoms with Crippen molar-refractivity contribution in [1.29, 1.82) is 0 Å². The molecule has 2 N–H and O–H groups in total. The van der Waals surface area contributed by atoms with Crippen LogP contribution in [0.5, 0.6) is 5.75 Å². The second-order valence-electron chi connectivity index (χ2n) is 3.66. The number of hydrogen-bond acceptors (Lipinski definition) is 4. The van der Waals surface area contributed by atoms with Crippen LogP contribution >= 0.6 is 15.9 Å². The molecule has 0 spiro atoms. The van der Waals surface area contributed by atoms with Gasteiger partial charge in [0, 0.05) is 12.7 Å². The molecule has 0 amide bonds. The number of phenolic OH excluding ortho intramolecular Hbond substituents is 1. The van der Waals surface area contributed by atoms with Gasteiger partial charge in [0.25, 0.3) is 5.56 Å². The van der Waals surface area contributed by atoms with Crippen LogP contribution in [0.4, 0.5) is 0 Å². The summed E-state index contributed by atoms with van der Waals surface area (Å²) in [6, 6.07) is 6.52. The average Bonchev–Trinajstić information content (AvgIpc) is 2.35. The molecular formula is C12H11BrN2O3. The van der Waals surface area contributed by atoms with E-state index < -0.39 is 0 Å². The molecule has 0 atom stereocenters. The van der Waals surface area contributed by atoms with E-state index in [-0.39, 0.29) is 17.9 Å². The first-order chi connectivity index (χ1) is 8.61. The zero-order valence-corrected chi connectivity index (χ0v) is 11.2. The maximum absolute atomic E-state index is 11.7. The van der Waals surface area contributed by atoms with Crippen LogP contribution in [0.15, 0.2) is 33.5 Å². The van der Waals surface area contributed by atoms with Crippen LogP contribution in [0.3, 0.4) is 0 Å². The number of benzene rings is 1. The molecule has 18 heavy (non-hydrogen) atoms. The van der Waals surface area contributed by atoms with Crippen LogP contribution in [0.1, 0.15) is 5.69 Å². The molecule has 5 nitrogen and oxygen atoms in total. The minimum Gasteiger partial charge on any atom is -0.508 e. The number of nitrogens with zero attached hydrogens (tertiary/aromatic N) is 1. The Morgan fingerprint density at radius 3 is 2.94 bits per heavy atom. The van der Waals surface area contributed by atoms with Crippen molar-refractivity contribution in [2.45, 2.75) is 6.61 Å². The summed E-state index contributed by atoms with van der Waals surface area (Å²) in [6.45, 7) is 0.232. The zero-order valence-electron chi connectivity index (χ0n) is 9.61. The number of aromatic nitrogens is 2. The van der Waals surface area contributed by atoms with Gasteiger partial charge in [0.2, 0.25) is 0 Å². The quantitative estimate of drug-likeness (QED) is 0.910. The van der Waals surface area contributed by atoms with Crippen molar-refractivity contribution in [3.63, 3.8) is 0 Å². The summed E-state index contributed by atoms with van der Waals surface area (Å²) in [7, 11) is 1.53. The number of rotatable bonds is 3. The number of aromatic hydroxyl groups is 1. The van der Waals surface area contributed by atoms with Gasteiger partial charge < -0.3 is 14.8 Å². The van der Waals surface area contributed by atoms with Gasteiger partial charge in [-0.25, -0.2) is 4.98 Å². The van der Waals surface area contributed by atoms with Crippen molar-refractivity contribution >= 4 is 15.9 Å². The third kappa shape index (κ3) is 2.60. The number of ether oxygens (including phenoxy) is 1. The van der Waals surface area contributed by atoms with Crippen molar-refractivity contribution < 1.29 is 9.84 Å². The molecule has 2 rings (SSSR count). The summed E-state index contributed by atoms with van der Waals surface area (Å²) in [4.78, 5) is 18.7. The number of methoxy groups -OCH3 is 1. The van der Waals surface area contributed by atoms with Crippen molar-refractivity contribution in [1.82, 2.24) is 9.97 Å². The lowest BCUT2D eigenvalue weighted by atomic mass is 10.2. The van der Waals surface area contributed by atoms with E-state index in [0.29, 0.717) is 21.6 Å². The third-order valence-corrected chi connectivity index (χ3v) is 3.15. The number of halogens is 1. The standard InChI is InChI=1S/C12H11BrN2O3/c1-18-6-9-10(13)12(17)15-11(14-9)7-3-2-4-8(16)5-7/h2-5,16H,6H2,1H3,(H,14,15,17). The average molecular weight is 311 g/mol. The molecule has 0 fully saturated rings. The zero-order chi connectivity index (χ0) is 13.1. The van der Waals surface area contributed by atoms with E-state index in [0.717, 1.165) is 0 Å². The topological polar surface area (TPSA) is 75.2 Å². The molecule has 6 heteroatoms. The van der Waals surface area contributed by atoms with E-state index in [1.165, 1.54) is 13.2 Å². The molecule has 0 saturated carbocycles. The van der Waals surface area contributed by atoms with Gasteiger partial charge in [-0.1, -0.05) is 12.1 Å². The number of phenols is 1.